The molecule has 0 saturated carbocycles. The van der Waals surface area contributed by atoms with Gasteiger partial charge in [-0.2, -0.15) is 0 Å². The summed E-state index contributed by atoms with van der Waals surface area (Å²) in [6.45, 7) is 5.44. The molecule has 0 saturated heterocycles. The van der Waals surface area contributed by atoms with Crippen molar-refractivity contribution in [3.05, 3.63) is 76.3 Å². The first-order chi connectivity index (χ1) is 15.3. The zero-order valence-electron chi connectivity index (χ0n) is 18.3. The molecule has 3 rings (SSSR count). The van der Waals surface area contributed by atoms with E-state index in [2.05, 4.69) is 5.32 Å². The highest BCUT2D eigenvalue weighted by molar-refractivity contribution is 6.42. The molecule has 0 aliphatic rings. The van der Waals surface area contributed by atoms with E-state index in [4.69, 9.17) is 27.9 Å². The lowest BCUT2D eigenvalue weighted by Gasteiger charge is -2.29. The van der Waals surface area contributed by atoms with Gasteiger partial charge in [0.15, 0.2) is 6.61 Å². The fraction of sp³-hybridized carbons (Fsp3) is 0.280. The van der Waals surface area contributed by atoms with E-state index in [1.54, 1.807) is 25.1 Å². The lowest BCUT2D eigenvalue weighted by atomic mass is 10.1. The minimum Gasteiger partial charge on any atom is -0.483 e. The van der Waals surface area contributed by atoms with Crippen LogP contribution in [-0.2, 0) is 16.1 Å². The van der Waals surface area contributed by atoms with Crippen LogP contribution in [0.5, 0.6) is 5.75 Å². The number of hydrogen-bond acceptors (Lipinski definition) is 3. The van der Waals surface area contributed by atoms with Crippen molar-refractivity contribution in [1.29, 1.82) is 0 Å². The van der Waals surface area contributed by atoms with Gasteiger partial charge in [0.2, 0.25) is 5.91 Å². The molecule has 3 aromatic rings. The van der Waals surface area contributed by atoms with Gasteiger partial charge in [-0.1, -0.05) is 65.7 Å². The average Bonchev–Trinajstić information content (AvgIpc) is 2.77. The van der Waals surface area contributed by atoms with E-state index in [-0.39, 0.29) is 31.0 Å². The summed E-state index contributed by atoms with van der Waals surface area (Å²) in [4.78, 5) is 27.4. The fourth-order valence-corrected chi connectivity index (χ4v) is 3.69. The van der Waals surface area contributed by atoms with E-state index in [1.807, 2.05) is 56.3 Å². The lowest BCUT2D eigenvalue weighted by molar-refractivity contribution is -0.142. The van der Waals surface area contributed by atoms with E-state index in [1.165, 1.54) is 4.90 Å². The summed E-state index contributed by atoms with van der Waals surface area (Å²) in [5.74, 6) is 0.0687. The third-order valence-electron chi connectivity index (χ3n) is 5.04. The standard InChI is InChI=1S/C25H26Cl2N2O3/c1-16(2)28-25(31)17(3)29(14-18-11-12-21(26)22(27)13-18)24(30)15-32-23-10-6-8-19-7-4-5-9-20(19)23/h4-13,16-17H,14-15H2,1-3H3,(H,28,31). The molecule has 32 heavy (non-hydrogen) atoms. The summed E-state index contributed by atoms with van der Waals surface area (Å²) >= 11 is 12.2. The fourth-order valence-electron chi connectivity index (χ4n) is 3.37. The van der Waals surface area contributed by atoms with Crippen molar-refractivity contribution in [3.8, 4) is 5.75 Å². The topological polar surface area (TPSA) is 58.6 Å². The van der Waals surface area contributed by atoms with Crippen molar-refractivity contribution in [2.24, 2.45) is 0 Å². The van der Waals surface area contributed by atoms with Crippen LogP contribution in [0.4, 0.5) is 0 Å². The summed E-state index contributed by atoms with van der Waals surface area (Å²) in [6, 6.07) is 17.9. The molecule has 0 spiro atoms. The smallest absolute Gasteiger partial charge is 0.261 e. The Balaban J connectivity index is 1.81. The molecule has 168 valence electrons. The number of carbonyl (C=O) groups is 2. The summed E-state index contributed by atoms with van der Waals surface area (Å²) in [7, 11) is 0. The molecular weight excluding hydrogens is 447 g/mol. The van der Waals surface area contributed by atoms with Crippen molar-refractivity contribution in [2.75, 3.05) is 6.61 Å². The molecule has 0 heterocycles. The zero-order valence-corrected chi connectivity index (χ0v) is 19.8. The largest absolute Gasteiger partial charge is 0.483 e. The van der Waals surface area contributed by atoms with Crippen LogP contribution in [0.15, 0.2) is 60.7 Å². The Labute approximate surface area is 198 Å². The summed E-state index contributed by atoms with van der Waals surface area (Å²) in [5, 5.41) is 5.63. The van der Waals surface area contributed by atoms with Gasteiger partial charge in [0.05, 0.1) is 10.0 Å². The predicted molar refractivity (Wildman–Crippen MR) is 129 cm³/mol. The van der Waals surface area contributed by atoms with E-state index in [0.29, 0.717) is 15.8 Å². The van der Waals surface area contributed by atoms with Crippen LogP contribution in [0.2, 0.25) is 10.0 Å². The van der Waals surface area contributed by atoms with Crippen molar-refractivity contribution in [3.63, 3.8) is 0 Å². The normalized spacial score (nSPS) is 11.9. The Hall–Kier alpha value is -2.76. The number of nitrogens with one attached hydrogen (secondary N) is 1. The Morgan fingerprint density at radius 3 is 2.41 bits per heavy atom. The third-order valence-corrected chi connectivity index (χ3v) is 5.77. The minimum absolute atomic E-state index is 0.0428. The van der Waals surface area contributed by atoms with Crippen molar-refractivity contribution in [1.82, 2.24) is 10.2 Å². The van der Waals surface area contributed by atoms with Crippen molar-refractivity contribution in [2.45, 2.75) is 39.4 Å². The number of rotatable bonds is 8. The quantitative estimate of drug-likeness (QED) is 0.472. The number of halogens is 2. The second-order valence-electron chi connectivity index (χ2n) is 7.88. The maximum Gasteiger partial charge on any atom is 0.261 e. The van der Waals surface area contributed by atoms with Crippen LogP contribution in [0, 0.1) is 0 Å². The average molecular weight is 473 g/mol. The van der Waals surface area contributed by atoms with E-state index in [0.717, 1.165) is 16.3 Å². The first-order valence-electron chi connectivity index (χ1n) is 10.4. The molecule has 5 nitrogen and oxygen atoms in total. The molecule has 1 unspecified atom stereocenters. The Kier molecular flexibility index (Phi) is 7.99. The molecule has 0 aliphatic carbocycles. The lowest BCUT2D eigenvalue weighted by Crippen LogP contribution is -2.50. The van der Waals surface area contributed by atoms with Crippen LogP contribution in [0.1, 0.15) is 26.3 Å². The highest BCUT2D eigenvalue weighted by Crippen LogP contribution is 2.26. The molecule has 0 radical (unpaired) electrons. The molecular formula is C25H26Cl2N2O3. The molecule has 1 N–H and O–H groups in total. The van der Waals surface area contributed by atoms with Gasteiger partial charge in [0, 0.05) is 18.0 Å². The molecule has 0 aliphatic heterocycles. The second-order valence-corrected chi connectivity index (χ2v) is 8.69. The number of hydrogen-bond donors (Lipinski definition) is 1. The zero-order chi connectivity index (χ0) is 23.3. The molecule has 2 amide bonds. The van der Waals surface area contributed by atoms with Crippen LogP contribution < -0.4 is 10.1 Å². The van der Waals surface area contributed by atoms with Crippen LogP contribution in [0.3, 0.4) is 0 Å². The predicted octanol–water partition coefficient (Wildman–Crippen LogP) is 5.47. The number of benzene rings is 3. The van der Waals surface area contributed by atoms with Crippen molar-refractivity contribution >= 4 is 45.8 Å². The van der Waals surface area contributed by atoms with Gasteiger partial charge in [-0.25, -0.2) is 0 Å². The second kappa shape index (κ2) is 10.7. The van der Waals surface area contributed by atoms with Gasteiger partial charge in [0.1, 0.15) is 11.8 Å². The minimum atomic E-state index is -0.699. The van der Waals surface area contributed by atoms with E-state index < -0.39 is 6.04 Å². The third kappa shape index (κ3) is 5.93. The first-order valence-corrected chi connectivity index (χ1v) is 11.2. The summed E-state index contributed by atoms with van der Waals surface area (Å²) in [6.07, 6.45) is 0. The van der Waals surface area contributed by atoms with Gasteiger partial charge in [0.25, 0.3) is 5.91 Å². The highest BCUT2D eigenvalue weighted by atomic mass is 35.5. The maximum atomic E-state index is 13.2. The number of nitrogens with zero attached hydrogens (tertiary/aromatic N) is 1. The SMILES string of the molecule is CC(C)NC(=O)C(C)N(Cc1ccc(Cl)c(Cl)c1)C(=O)COc1cccc2ccccc12. The monoisotopic (exact) mass is 472 g/mol. The summed E-state index contributed by atoms with van der Waals surface area (Å²) in [5.41, 5.74) is 0.766. The highest BCUT2D eigenvalue weighted by Gasteiger charge is 2.27. The first kappa shape index (κ1) is 23.9. The van der Waals surface area contributed by atoms with Crippen LogP contribution in [0.25, 0.3) is 10.8 Å². The van der Waals surface area contributed by atoms with Gasteiger partial charge < -0.3 is 15.0 Å². The van der Waals surface area contributed by atoms with Gasteiger partial charge >= 0.3 is 0 Å². The Morgan fingerprint density at radius 1 is 0.969 bits per heavy atom. The van der Waals surface area contributed by atoms with E-state index in [9.17, 15) is 9.59 Å². The molecule has 3 aromatic carbocycles. The number of fused-ring (bicyclic) bond motifs is 1. The van der Waals surface area contributed by atoms with Gasteiger partial charge in [-0.05, 0) is 49.9 Å². The molecule has 1 atom stereocenters. The molecule has 7 heteroatoms. The van der Waals surface area contributed by atoms with Crippen molar-refractivity contribution < 1.29 is 14.3 Å². The molecule has 0 bridgehead atoms. The molecule has 0 fully saturated rings. The number of carbonyl (C=O) groups excluding carboxylic acids is 2. The Bertz CT molecular complexity index is 1110. The Morgan fingerprint density at radius 2 is 1.69 bits per heavy atom. The summed E-state index contributed by atoms with van der Waals surface area (Å²) < 4.78 is 5.88. The van der Waals surface area contributed by atoms with Crippen LogP contribution >= 0.6 is 23.2 Å². The van der Waals surface area contributed by atoms with E-state index >= 15 is 0 Å². The molecule has 0 aromatic heterocycles. The maximum absolute atomic E-state index is 13.2. The van der Waals surface area contributed by atoms with Gasteiger partial charge in [-0.15, -0.1) is 0 Å². The number of amides is 2. The van der Waals surface area contributed by atoms with Gasteiger partial charge in [-0.3, -0.25) is 9.59 Å². The number of ether oxygens (including phenoxy) is 1. The van der Waals surface area contributed by atoms with Crippen LogP contribution in [-0.4, -0.2) is 35.4 Å².